The lowest BCUT2D eigenvalue weighted by Crippen LogP contribution is -2.49. The third-order valence-corrected chi connectivity index (χ3v) is 7.26. The molecule has 7 nitrogen and oxygen atoms in total. The number of hydrogen-bond acceptors (Lipinski definition) is 5. The van der Waals surface area contributed by atoms with E-state index in [-0.39, 0.29) is 24.1 Å². The average molecular weight is 537 g/mol. The summed E-state index contributed by atoms with van der Waals surface area (Å²) in [7, 11) is 0. The maximum absolute atomic E-state index is 12.5. The number of rotatable bonds is 6. The number of benzene rings is 2. The second-order valence-corrected chi connectivity index (χ2v) is 9.92. The number of halogens is 4. The summed E-state index contributed by atoms with van der Waals surface area (Å²) in [4.78, 5) is 18.8. The van der Waals surface area contributed by atoms with Gasteiger partial charge in [-0.3, -0.25) is 9.69 Å². The van der Waals surface area contributed by atoms with E-state index >= 15 is 0 Å². The number of nitrogens with zero attached hydrogens (tertiary/aromatic N) is 4. The molecule has 2 saturated heterocycles. The number of fused-ring (bicyclic) bond motifs is 1. The number of aromatic nitrogens is 1. The van der Waals surface area contributed by atoms with E-state index in [0.717, 1.165) is 63.2 Å². The SMILES string of the molecule is O=C(CN1CCN(c2cc(Cl)c3c(O)n(Cc4ccc(OC(F)(F)F)cc4)cc3c2)CC1)N1CCCC1. The summed E-state index contributed by atoms with van der Waals surface area (Å²) in [6.45, 7) is 5.49. The summed E-state index contributed by atoms with van der Waals surface area (Å²) in [6.07, 6.45) is -0.790. The third-order valence-electron chi connectivity index (χ3n) is 6.96. The molecule has 0 aliphatic carbocycles. The molecule has 1 amide bonds. The van der Waals surface area contributed by atoms with E-state index in [1.54, 1.807) is 10.8 Å². The van der Waals surface area contributed by atoms with Gasteiger partial charge in [0.05, 0.1) is 23.5 Å². The van der Waals surface area contributed by atoms with Crippen LogP contribution in [0.4, 0.5) is 18.9 Å². The first-order valence-corrected chi connectivity index (χ1v) is 12.7. The number of ether oxygens (including phenoxy) is 1. The summed E-state index contributed by atoms with van der Waals surface area (Å²) in [5, 5.41) is 12.5. The lowest BCUT2D eigenvalue weighted by atomic mass is 10.1. The van der Waals surface area contributed by atoms with Gasteiger partial charge in [-0.25, -0.2) is 0 Å². The average Bonchev–Trinajstić information content (AvgIpc) is 3.49. The number of piperazine rings is 1. The molecule has 37 heavy (non-hydrogen) atoms. The van der Waals surface area contributed by atoms with Gasteiger partial charge in [-0.2, -0.15) is 0 Å². The van der Waals surface area contributed by atoms with Crippen molar-refractivity contribution in [1.29, 1.82) is 0 Å². The van der Waals surface area contributed by atoms with Crippen LogP contribution in [0.5, 0.6) is 11.6 Å². The van der Waals surface area contributed by atoms with E-state index < -0.39 is 6.36 Å². The van der Waals surface area contributed by atoms with Crippen LogP contribution in [0.15, 0.2) is 42.6 Å². The summed E-state index contributed by atoms with van der Waals surface area (Å²) < 4.78 is 42.7. The van der Waals surface area contributed by atoms with Gasteiger partial charge in [0.15, 0.2) is 0 Å². The molecular weight excluding hydrogens is 509 g/mol. The predicted octanol–water partition coefficient (Wildman–Crippen LogP) is 4.69. The molecule has 198 valence electrons. The van der Waals surface area contributed by atoms with Gasteiger partial charge in [0.2, 0.25) is 11.8 Å². The Morgan fingerprint density at radius 3 is 2.32 bits per heavy atom. The van der Waals surface area contributed by atoms with E-state index in [1.165, 1.54) is 24.3 Å². The first kappa shape index (κ1) is 25.5. The Morgan fingerprint density at radius 2 is 1.68 bits per heavy atom. The van der Waals surface area contributed by atoms with E-state index in [9.17, 15) is 23.1 Å². The highest BCUT2D eigenvalue weighted by atomic mass is 35.5. The maximum Gasteiger partial charge on any atom is 0.573 e. The quantitative estimate of drug-likeness (QED) is 0.495. The number of hydrogen-bond donors (Lipinski definition) is 1. The lowest BCUT2D eigenvalue weighted by Gasteiger charge is -2.36. The largest absolute Gasteiger partial charge is 0.573 e. The number of carbonyl (C=O) groups is 1. The van der Waals surface area contributed by atoms with E-state index in [4.69, 9.17) is 11.6 Å². The van der Waals surface area contributed by atoms with Gasteiger partial charge in [-0.05, 0) is 42.7 Å². The molecule has 11 heteroatoms. The first-order valence-electron chi connectivity index (χ1n) is 12.3. The molecule has 3 heterocycles. The van der Waals surface area contributed by atoms with E-state index in [0.29, 0.717) is 22.5 Å². The molecule has 0 radical (unpaired) electrons. The van der Waals surface area contributed by atoms with E-state index in [1.807, 2.05) is 17.0 Å². The van der Waals surface area contributed by atoms with Crippen LogP contribution in [0.1, 0.15) is 18.4 Å². The zero-order valence-electron chi connectivity index (χ0n) is 20.2. The molecule has 5 rings (SSSR count). The smallest absolute Gasteiger partial charge is 0.494 e. The Kier molecular flexibility index (Phi) is 7.13. The molecule has 0 atom stereocenters. The highest BCUT2D eigenvalue weighted by molar-refractivity contribution is 6.36. The van der Waals surface area contributed by atoms with Gasteiger partial charge < -0.3 is 24.2 Å². The molecule has 0 unspecified atom stereocenters. The summed E-state index contributed by atoms with van der Waals surface area (Å²) in [5.74, 6) is -0.103. The second-order valence-electron chi connectivity index (χ2n) is 9.52. The second kappa shape index (κ2) is 10.3. The third kappa shape index (κ3) is 5.91. The van der Waals surface area contributed by atoms with Crippen LogP contribution in [0.25, 0.3) is 10.8 Å². The predicted molar refractivity (Wildman–Crippen MR) is 135 cm³/mol. The summed E-state index contributed by atoms with van der Waals surface area (Å²) in [6, 6.07) is 9.34. The number of alkyl halides is 3. The first-order chi connectivity index (χ1) is 17.7. The van der Waals surface area contributed by atoms with Crippen molar-refractivity contribution in [3.05, 3.63) is 53.2 Å². The number of amides is 1. The minimum Gasteiger partial charge on any atom is -0.494 e. The van der Waals surface area contributed by atoms with Crippen LogP contribution >= 0.6 is 11.6 Å². The zero-order chi connectivity index (χ0) is 26.2. The number of carbonyl (C=O) groups excluding carboxylic acids is 1. The van der Waals surface area contributed by atoms with Gasteiger partial charge in [-0.1, -0.05) is 23.7 Å². The Labute approximate surface area is 217 Å². The van der Waals surface area contributed by atoms with Gasteiger partial charge in [0, 0.05) is 56.5 Å². The van der Waals surface area contributed by atoms with Crippen molar-refractivity contribution in [2.45, 2.75) is 25.7 Å². The lowest BCUT2D eigenvalue weighted by molar-refractivity contribution is -0.274. The monoisotopic (exact) mass is 536 g/mol. The number of aromatic hydroxyl groups is 1. The van der Waals surface area contributed by atoms with Crippen molar-refractivity contribution < 1.29 is 27.8 Å². The van der Waals surface area contributed by atoms with Gasteiger partial charge in [0.25, 0.3) is 0 Å². The van der Waals surface area contributed by atoms with Crippen LogP contribution in [0, 0.1) is 0 Å². The van der Waals surface area contributed by atoms with Crippen molar-refractivity contribution >= 4 is 34.0 Å². The molecule has 2 aliphatic heterocycles. The molecule has 2 aromatic carbocycles. The molecule has 0 saturated carbocycles. The van der Waals surface area contributed by atoms with Crippen molar-refractivity contribution in [3.8, 4) is 11.6 Å². The van der Waals surface area contributed by atoms with Crippen LogP contribution in [0.3, 0.4) is 0 Å². The van der Waals surface area contributed by atoms with Crippen molar-refractivity contribution in [2.75, 3.05) is 50.7 Å². The number of anilines is 1. The van der Waals surface area contributed by atoms with Gasteiger partial charge in [-0.15, -0.1) is 13.2 Å². The standard InChI is InChI=1S/C26H28ClF3N4O3/c27-22-14-20(32-11-9-31(10-12-32)17-23(35)33-7-1-2-8-33)13-19-16-34(25(36)24(19)22)15-18-3-5-21(6-4-18)37-26(28,29)30/h3-6,13-14,16,36H,1-2,7-12,15,17H2. The minimum atomic E-state index is -4.75. The highest BCUT2D eigenvalue weighted by Gasteiger charge is 2.31. The topological polar surface area (TPSA) is 61.2 Å². The minimum absolute atomic E-state index is 0.00703. The fraction of sp³-hybridized carbons (Fsp3) is 0.423. The molecule has 3 aromatic rings. The fourth-order valence-electron chi connectivity index (χ4n) is 5.04. The van der Waals surface area contributed by atoms with Gasteiger partial charge in [0.1, 0.15) is 5.75 Å². The van der Waals surface area contributed by atoms with Crippen LogP contribution < -0.4 is 9.64 Å². The molecule has 2 aliphatic rings. The summed E-state index contributed by atoms with van der Waals surface area (Å²) in [5.41, 5.74) is 1.63. The number of likely N-dealkylation sites (tertiary alicyclic amines) is 1. The van der Waals surface area contributed by atoms with Gasteiger partial charge >= 0.3 is 6.36 Å². The summed E-state index contributed by atoms with van der Waals surface area (Å²) >= 11 is 6.57. The Hall–Kier alpha value is -3.11. The van der Waals surface area contributed by atoms with Crippen LogP contribution in [0.2, 0.25) is 5.02 Å². The molecule has 1 N–H and O–H groups in total. The highest BCUT2D eigenvalue weighted by Crippen LogP contribution is 2.37. The maximum atomic E-state index is 12.5. The Morgan fingerprint density at radius 1 is 1.00 bits per heavy atom. The van der Waals surface area contributed by atoms with Crippen molar-refractivity contribution in [3.63, 3.8) is 0 Å². The van der Waals surface area contributed by atoms with Crippen LogP contribution in [-0.2, 0) is 11.3 Å². The zero-order valence-corrected chi connectivity index (χ0v) is 20.9. The Bertz CT molecular complexity index is 1260. The fourth-order valence-corrected chi connectivity index (χ4v) is 5.35. The van der Waals surface area contributed by atoms with E-state index in [2.05, 4.69) is 14.5 Å². The van der Waals surface area contributed by atoms with Crippen molar-refractivity contribution in [2.24, 2.45) is 0 Å². The molecule has 2 fully saturated rings. The molecule has 0 spiro atoms. The van der Waals surface area contributed by atoms with Crippen molar-refractivity contribution in [1.82, 2.24) is 14.4 Å². The van der Waals surface area contributed by atoms with Crippen LogP contribution in [-0.4, -0.2) is 77.6 Å². The normalized spacial score (nSPS) is 17.1. The molecular formula is C26H28ClF3N4O3. The molecule has 1 aromatic heterocycles. The Balaban J connectivity index is 1.25. The molecule has 0 bridgehead atoms.